The first-order chi connectivity index (χ1) is 10.3. The van der Waals surface area contributed by atoms with Crippen molar-refractivity contribution in [1.29, 1.82) is 0 Å². The number of aromatic nitrogens is 1. The van der Waals surface area contributed by atoms with Crippen LogP contribution in [0.1, 0.15) is 23.6 Å². The second-order valence-corrected chi connectivity index (χ2v) is 5.25. The number of hydrogen-bond acceptors (Lipinski definition) is 5. The number of rotatable bonds is 6. The molecule has 1 aliphatic heterocycles. The molecule has 112 valence electrons. The molecule has 1 fully saturated rings. The zero-order valence-electron chi connectivity index (χ0n) is 11.7. The highest BCUT2D eigenvalue weighted by Crippen LogP contribution is 2.12. The van der Waals surface area contributed by atoms with E-state index in [4.69, 9.17) is 13.7 Å². The Morgan fingerprint density at radius 1 is 1.43 bits per heavy atom. The third kappa shape index (κ3) is 3.95. The van der Waals surface area contributed by atoms with Gasteiger partial charge in [-0.15, -0.1) is 0 Å². The maximum Gasteiger partial charge on any atom is 0.226 e. The van der Waals surface area contributed by atoms with Crippen molar-refractivity contribution in [2.45, 2.75) is 19.3 Å². The largest absolute Gasteiger partial charge is 0.469 e. The van der Waals surface area contributed by atoms with Crippen LogP contribution in [0.3, 0.4) is 0 Å². The van der Waals surface area contributed by atoms with E-state index in [0.717, 1.165) is 25.4 Å². The van der Waals surface area contributed by atoms with E-state index < -0.39 is 0 Å². The van der Waals surface area contributed by atoms with E-state index in [2.05, 4.69) is 10.5 Å². The zero-order valence-corrected chi connectivity index (χ0v) is 11.7. The summed E-state index contributed by atoms with van der Waals surface area (Å²) < 4.78 is 15.7. The minimum atomic E-state index is -0.0419. The monoisotopic (exact) mass is 290 g/mol. The number of amides is 1. The summed E-state index contributed by atoms with van der Waals surface area (Å²) in [5, 5.41) is 6.82. The van der Waals surface area contributed by atoms with Gasteiger partial charge in [0.05, 0.1) is 31.4 Å². The van der Waals surface area contributed by atoms with Crippen molar-refractivity contribution < 1.29 is 18.5 Å². The summed E-state index contributed by atoms with van der Waals surface area (Å²) in [6, 6.07) is 5.49. The van der Waals surface area contributed by atoms with Gasteiger partial charge in [-0.1, -0.05) is 5.16 Å². The quantitative estimate of drug-likeness (QED) is 0.873. The highest BCUT2D eigenvalue weighted by Gasteiger charge is 2.17. The lowest BCUT2D eigenvalue weighted by Crippen LogP contribution is -2.30. The first-order valence-corrected chi connectivity index (χ1v) is 7.11. The standard InChI is InChI=1S/C15H18N2O4/c18-15(16-9-11-3-5-19-10-11)7-12-6-14(21-17-12)8-13-2-1-4-20-13/h1-2,4,6,11H,3,5,7-10H2,(H,16,18). The van der Waals surface area contributed by atoms with Crippen molar-refractivity contribution in [3.05, 3.63) is 41.7 Å². The summed E-state index contributed by atoms with van der Waals surface area (Å²) in [6.45, 7) is 2.19. The molecule has 3 heterocycles. The number of carbonyl (C=O) groups excluding carboxylic acids is 1. The van der Waals surface area contributed by atoms with Crippen molar-refractivity contribution >= 4 is 5.91 Å². The Morgan fingerprint density at radius 2 is 2.38 bits per heavy atom. The molecule has 0 saturated carbocycles. The van der Waals surface area contributed by atoms with Crippen LogP contribution >= 0.6 is 0 Å². The molecule has 21 heavy (non-hydrogen) atoms. The zero-order chi connectivity index (χ0) is 14.5. The molecule has 0 spiro atoms. The molecule has 2 aromatic rings. The Morgan fingerprint density at radius 3 is 3.14 bits per heavy atom. The minimum absolute atomic E-state index is 0.0419. The molecule has 1 unspecified atom stereocenters. The highest BCUT2D eigenvalue weighted by molar-refractivity contribution is 5.78. The number of nitrogens with zero attached hydrogens (tertiary/aromatic N) is 1. The molecule has 1 saturated heterocycles. The van der Waals surface area contributed by atoms with Crippen molar-refractivity contribution in [3.63, 3.8) is 0 Å². The third-order valence-electron chi connectivity index (χ3n) is 3.49. The molecule has 1 atom stereocenters. The van der Waals surface area contributed by atoms with Gasteiger partial charge < -0.3 is 19.0 Å². The number of hydrogen-bond donors (Lipinski definition) is 1. The minimum Gasteiger partial charge on any atom is -0.469 e. The van der Waals surface area contributed by atoms with E-state index in [1.54, 1.807) is 12.3 Å². The highest BCUT2D eigenvalue weighted by atomic mass is 16.5. The first kappa shape index (κ1) is 13.9. The van der Waals surface area contributed by atoms with Crippen molar-refractivity contribution in [2.75, 3.05) is 19.8 Å². The normalized spacial score (nSPS) is 18.0. The van der Waals surface area contributed by atoms with Gasteiger partial charge >= 0.3 is 0 Å². The van der Waals surface area contributed by atoms with Crippen molar-refractivity contribution in [2.24, 2.45) is 5.92 Å². The second kappa shape index (κ2) is 6.58. The van der Waals surface area contributed by atoms with Crippen LogP contribution in [0.4, 0.5) is 0 Å². The van der Waals surface area contributed by atoms with Gasteiger partial charge in [0.25, 0.3) is 0 Å². The molecule has 0 aromatic carbocycles. The van der Waals surface area contributed by atoms with Crippen LogP contribution in [0.5, 0.6) is 0 Å². The molecular weight excluding hydrogens is 272 g/mol. The molecule has 1 amide bonds. The Balaban J connectivity index is 1.46. The lowest BCUT2D eigenvalue weighted by atomic mass is 10.1. The van der Waals surface area contributed by atoms with Crippen LogP contribution in [-0.2, 0) is 22.4 Å². The fourth-order valence-corrected chi connectivity index (χ4v) is 2.34. The summed E-state index contributed by atoms with van der Waals surface area (Å²) in [4.78, 5) is 11.8. The number of carbonyl (C=O) groups is 1. The Labute approximate surface area is 122 Å². The molecule has 1 aliphatic rings. The van der Waals surface area contributed by atoms with Crippen LogP contribution in [0.2, 0.25) is 0 Å². The van der Waals surface area contributed by atoms with E-state index in [0.29, 0.717) is 30.3 Å². The van der Waals surface area contributed by atoms with Gasteiger partial charge in [-0.3, -0.25) is 4.79 Å². The van der Waals surface area contributed by atoms with Crippen LogP contribution in [-0.4, -0.2) is 30.8 Å². The average molecular weight is 290 g/mol. The second-order valence-electron chi connectivity index (χ2n) is 5.25. The van der Waals surface area contributed by atoms with Crippen LogP contribution < -0.4 is 5.32 Å². The molecule has 0 radical (unpaired) electrons. The average Bonchev–Trinajstić information content (AvgIpc) is 3.19. The van der Waals surface area contributed by atoms with Crippen molar-refractivity contribution in [1.82, 2.24) is 10.5 Å². The Hall–Kier alpha value is -2.08. The van der Waals surface area contributed by atoms with E-state index in [-0.39, 0.29) is 12.3 Å². The summed E-state index contributed by atoms with van der Waals surface area (Å²) in [7, 11) is 0. The third-order valence-corrected chi connectivity index (χ3v) is 3.49. The van der Waals surface area contributed by atoms with Crippen LogP contribution in [0.25, 0.3) is 0 Å². The SMILES string of the molecule is O=C(Cc1cc(Cc2ccco2)on1)NCC1CCOC1. The summed E-state index contributed by atoms with van der Waals surface area (Å²) in [6.07, 6.45) is 3.40. The van der Waals surface area contributed by atoms with Gasteiger partial charge in [0.1, 0.15) is 11.5 Å². The molecule has 3 rings (SSSR count). The summed E-state index contributed by atoms with van der Waals surface area (Å²) in [5.41, 5.74) is 0.636. The molecule has 0 bridgehead atoms. The van der Waals surface area contributed by atoms with E-state index in [9.17, 15) is 4.79 Å². The molecule has 1 N–H and O–H groups in total. The van der Waals surface area contributed by atoms with Gasteiger partial charge in [0, 0.05) is 25.1 Å². The first-order valence-electron chi connectivity index (χ1n) is 7.11. The fourth-order valence-electron chi connectivity index (χ4n) is 2.34. The van der Waals surface area contributed by atoms with E-state index >= 15 is 0 Å². The molecule has 0 aliphatic carbocycles. The number of furan rings is 1. The molecule has 6 heteroatoms. The predicted molar refractivity (Wildman–Crippen MR) is 73.7 cm³/mol. The summed E-state index contributed by atoms with van der Waals surface area (Å²) >= 11 is 0. The number of ether oxygens (including phenoxy) is 1. The maximum absolute atomic E-state index is 11.8. The smallest absolute Gasteiger partial charge is 0.226 e. The van der Waals surface area contributed by atoms with Crippen LogP contribution in [0, 0.1) is 5.92 Å². The molecular formula is C15H18N2O4. The van der Waals surface area contributed by atoms with Gasteiger partial charge in [0.2, 0.25) is 5.91 Å². The predicted octanol–water partition coefficient (Wildman–Crippen LogP) is 1.55. The molecule has 2 aromatic heterocycles. The Bertz CT molecular complexity index is 570. The maximum atomic E-state index is 11.8. The fraction of sp³-hybridized carbons (Fsp3) is 0.467. The lowest BCUT2D eigenvalue weighted by Gasteiger charge is -2.08. The van der Waals surface area contributed by atoms with Crippen molar-refractivity contribution in [3.8, 4) is 0 Å². The lowest BCUT2D eigenvalue weighted by molar-refractivity contribution is -0.120. The summed E-state index contributed by atoms with van der Waals surface area (Å²) in [5.74, 6) is 1.89. The van der Waals surface area contributed by atoms with Gasteiger partial charge in [-0.05, 0) is 18.6 Å². The van der Waals surface area contributed by atoms with E-state index in [1.807, 2.05) is 12.1 Å². The van der Waals surface area contributed by atoms with Gasteiger partial charge in [0.15, 0.2) is 0 Å². The Kier molecular flexibility index (Phi) is 4.35. The van der Waals surface area contributed by atoms with E-state index in [1.165, 1.54) is 0 Å². The van der Waals surface area contributed by atoms with Gasteiger partial charge in [-0.25, -0.2) is 0 Å². The topological polar surface area (TPSA) is 77.5 Å². The number of nitrogens with one attached hydrogen (secondary N) is 1. The van der Waals surface area contributed by atoms with Crippen LogP contribution in [0.15, 0.2) is 33.4 Å². The molecule has 6 nitrogen and oxygen atoms in total. The van der Waals surface area contributed by atoms with Gasteiger partial charge in [-0.2, -0.15) is 0 Å².